The highest BCUT2D eigenvalue weighted by Gasteiger charge is 2.38. The lowest BCUT2D eigenvalue weighted by Gasteiger charge is -2.42. The number of nitrogens with one attached hydrogen (secondary N) is 2. The molecule has 2 amide bonds. The first-order valence-corrected chi connectivity index (χ1v) is 12.0. The summed E-state index contributed by atoms with van der Waals surface area (Å²) in [6.45, 7) is 2.29. The number of carbonyl (C=O) groups is 2. The number of anilines is 1. The van der Waals surface area contributed by atoms with Gasteiger partial charge in [0.15, 0.2) is 11.5 Å². The Labute approximate surface area is 213 Å². The molecule has 0 saturated heterocycles. The first-order chi connectivity index (χ1) is 17.3. The molecule has 0 aliphatic heterocycles. The van der Waals surface area contributed by atoms with E-state index in [0.29, 0.717) is 34.9 Å². The van der Waals surface area contributed by atoms with E-state index in [1.54, 1.807) is 51.5 Å². The van der Waals surface area contributed by atoms with Crippen molar-refractivity contribution in [1.29, 1.82) is 0 Å². The molecule has 1 fully saturated rings. The molecule has 3 heterocycles. The second-order valence-electron chi connectivity index (χ2n) is 8.73. The van der Waals surface area contributed by atoms with Crippen LogP contribution in [0, 0.1) is 0 Å². The van der Waals surface area contributed by atoms with Gasteiger partial charge in [-0.05, 0) is 50.8 Å². The van der Waals surface area contributed by atoms with Crippen LogP contribution in [0.4, 0.5) is 10.6 Å². The van der Waals surface area contributed by atoms with E-state index < -0.39 is 12.2 Å². The monoisotopic (exact) mass is 513 g/mol. The summed E-state index contributed by atoms with van der Waals surface area (Å²) in [4.78, 5) is 33.8. The molecule has 0 aromatic carbocycles. The molecular weight excluding hydrogens is 486 g/mol. The number of methoxy groups -OCH3 is 1. The van der Waals surface area contributed by atoms with Gasteiger partial charge in [0.25, 0.3) is 5.91 Å². The van der Waals surface area contributed by atoms with Crippen molar-refractivity contribution in [3.8, 4) is 11.4 Å². The fourth-order valence-corrected chi connectivity index (χ4v) is 4.31. The molecule has 4 rings (SSSR count). The highest BCUT2D eigenvalue weighted by atomic mass is 35.5. The van der Waals surface area contributed by atoms with Crippen molar-refractivity contribution in [1.82, 2.24) is 30.3 Å². The van der Waals surface area contributed by atoms with Gasteiger partial charge in [0.05, 0.1) is 11.3 Å². The molecule has 1 saturated carbocycles. The molecule has 3 aromatic heterocycles. The topological polar surface area (TPSA) is 133 Å². The number of aromatic nitrogens is 5. The van der Waals surface area contributed by atoms with Crippen molar-refractivity contribution in [2.75, 3.05) is 19.0 Å². The molecule has 2 N–H and O–H groups in total. The summed E-state index contributed by atoms with van der Waals surface area (Å²) < 4.78 is 12.0. The molecule has 0 bridgehead atoms. The number of ether oxygens (including phenoxy) is 2. The van der Waals surface area contributed by atoms with E-state index in [2.05, 4.69) is 30.9 Å². The zero-order valence-corrected chi connectivity index (χ0v) is 21.1. The predicted octanol–water partition coefficient (Wildman–Crippen LogP) is 3.92. The van der Waals surface area contributed by atoms with Crippen LogP contribution in [0.1, 0.15) is 54.6 Å². The van der Waals surface area contributed by atoms with Gasteiger partial charge in [-0.25, -0.2) is 14.5 Å². The Morgan fingerprint density at radius 1 is 1.25 bits per heavy atom. The maximum atomic E-state index is 12.8. The van der Waals surface area contributed by atoms with Gasteiger partial charge in [-0.15, -0.1) is 5.10 Å². The molecule has 36 heavy (non-hydrogen) atoms. The van der Waals surface area contributed by atoms with Crippen molar-refractivity contribution in [3.05, 3.63) is 52.9 Å². The fraction of sp³-hybridized carbons (Fsp3) is 0.417. The molecule has 12 heteroatoms. The molecule has 3 aromatic rings. The largest absolute Gasteiger partial charge is 0.441 e. The third-order valence-corrected chi connectivity index (χ3v) is 6.62. The van der Waals surface area contributed by atoms with E-state index in [-0.39, 0.29) is 16.6 Å². The summed E-state index contributed by atoms with van der Waals surface area (Å²) in [5.41, 5.74) is 1.58. The standard InChI is InChI=1S/C24H28ClN7O4/c1-15(17-6-4-12-26-20(17)25)36-23(34)28-21-19(30-31-32(21)2)18-8-7-16(14-27-18)22(33)29-24(9-5-10-24)11-13-35-3/h4,6-8,12,14-15H,5,9-11,13H2,1-3H3,(H,28,34)(H,29,33)/t15-/m1/s1. The maximum absolute atomic E-state index is 12.8. The summed E-state index contributed by atoms with van der Waals surface area (Å²) in [5.74, 6) is 0.108. The number of nitrogens with zero attached hydrogens (tertiary/aromatic N) is 5. The number of halogens is 1. The Morgan fingerprint density at radius 2 is 2.06 bits per heavy atom. The number of aryl methyl sites for hydroxylation is 1. The van der Waals surface area contributed by atoms with Crippen LogP contribution in [0.5, 0.6) is 0 Å². The van der Waals surface area contributed by atoms with Gasteiger partial charge in [-0.1, -0.05) is 22.9 Å². The predicted molar refractivity (Wildman–Crippen MR) is 133 cm³/mol. The minimum absolute atomic E-state index is 0.186. The highest BCUT2D eigenvalue weighted by molar-refractivity contribution is 6.30. The number of hydrogen-bond acceptors (Lipinski definition) is 8. The first-order valence-electron chi connectivity index (χ1n) is 11.6. The maximum Gasteiger partial charge on any atom is 0.413 e. The second-order valence-corrected chi connectivity index (χ2v) is 9.09. The normalized spacial score (nSPS) is 15.0. The van der Waals surface area contributed by atoms with Crippen LogP contribution in [0.15, 0.2) is 36.7 Å². The van der Waals surface area contributed by atoms with E-state index in [0.717, 1.165) is 25.7 Å². The summed E-state index contributed by atoms with van der Waals surface area (Å²) in [6.07, 6.45) is 5.42. The highest BCUT2D eigenvalue weighted by Crippen LogP contribution is 2.35. The third-order valence-electron chi connectivity index (χ3n) is 6.30. The molecular formula is C24H28ClN7O4. The Bertz CT molecular complexity index is 1230. The molecule has 0 unspecified atom stereocenters. The minimum atomic E-state index is -0.716. The van der Waals surface area contributed by atoms with Crippen LogP contribution >= 0.6 is 11.6 Å². The fourth-order valence-electron chi connectivity index (χ4n) is 4.04. The van der Waals surface area contributed by atoms with Crippen LogP contribution in [0.2, 0.25) is 5.15 Å². The average Bonchev–Trinajstić information content (AvgIpc) is 3.20. The summed E-state index contributed by atoms with van der Waals surface area (Å²) in [7, 11) is 3.29. The number of hydrogen-bond donors (Lipinski definition) is 2. The number of amides is 2. The van der Waals surface area contributed by atoms with Crippen LogP contribution in [-0.2, 0) is 16.5 Å². The van der Waals surface area contributed by atoms with Gasteiger partial charge in [-0.2, -0.15) is 0 Å². The van der Waals surface area contributed by atoms with E-state index >= 15 is 0 Å². The lowest BCUT2D eigenvalue weighted by molar-refractivity contribution is 0.0729. The Hall–Kier alpha value is -3.57. The quantitative estimate of drug-likeness (QED) is 0.411. The average molecular weight is 514 g/mol. The molecule has 0 spiro atoms. The van der Waals surface area contributed by atoms with Crippen molar-refractivity contribution < 1.29 is 19.1 Å². The van der Waals surface area contributed by atoms with E-state index in [9.17, 15) is 9.59 Å². The summed E-state index contributed by atoms with van der Waals surface area (Å²) >= 11 is 6.09. The molecule has 190 valence electrons. The SMILES string of the molecule is COCCC1(NC(=O)c2ccc(-c3nnn(C)c3NC(=O)O[C@H](C)c3cccnc3Cl)nc2)CCC1. The van der Waals surface area contributed by atoms with E-state index in [4.69, 9.17) is 21.1 Å². The molecule has 1 aliphatic rings. The van der Waals surface area contributed by atoms with Crippen molar-refractivity contribution >= 4 is 29.4 Å². The minimum Gasteiger partial charge on any atom is -0.441 e. The van der Waals surface area contributed by atoms with Gasteiger partial charge >= 0.3 is 6.09 Å². The van der Waals surface area contributed by atoms with Crippen LogP contribution in [0.25, 0.3) is 11.4 Å². The van der Waals surface area contributed by atoms with E-state index in [1.165, 1.54) is 10.9 Å². The van der Waals surface area contributed by atoms with Crippen molar-refractivity contribution in [2.24, 2.45) is 7.05 Å². The number of carbonyl (C=O) groups excluding carboxylic acids is 2. The smallest absolute Gasteiger partial charge is 0.413 e. The van der Waals surface area contributed by atoms with Gasteiger partial charge < -0.3 is 14.8 Å². The van der Waals surface area contributed by atoms with Crippen molar-refractivity contribution in [2.45, 2.75) is 44.2 Å². The number of pyridine rings is 2. The van der Waals surface area contributed by atoms with Crippen LogP contribution < -0.4 is 10.6 Å². The molecule has 11 nitrogen and oxygen atoms in total. The summed E-state index contributed by atoms with van der Waals surface area (Å²) in [6, 6.07) is 6.78. The van der Waals surface area contributed by atoms with Crippen molar-refractivity contribution in [3.63, 3.8) is 0 Å². The molecule has 0 radical (unpaired) electrons. The van der Waals surface area contributed by atoms with E-state index in [1.807, 2.05) is 0 Å². The Kier molecular flexibility index (Phi) is 7.80. The Morgan fingerprint density at radius 3 is 2.69 bits per heavy atom. The third kappa shape index (κ3) is 5.63. The van der Waals surface area contributed by atoms with Gasteiger partial charge in [0, 0.05) is 44.3 Å². The van der Waals surface area contributed by atoms with Crippen LogP contribution in [-0.4, -0.2) is 56.2 Å². The molecule has 1 atom stereocenters. The molecule has 1 aliphatic carbocycles. The lowest BCUT2D eigenvalue weighted by atomic mass is 9.74. The lowest BCUT2D eigenvalue weighted by Crippen LogP contribution is -2.54. The summed E-state index contributed by atoms with van der Waals surface area (Å²) in [5, 5.41) is 14.2. The second kappa shape index (κ2) is 11.0. The zero-order chi connectivity index (χ0) is 25.7. The van der Waals surface area contributed by atoms with Crippen LogP contribution in [0.3, 0.4) is 0 Å². The number of rotatable bonds is 9. The van der Waals surface area contributed by atoms with Gasteiger partial charge in [0.2, 0.25) is 0 Å². The van der Waals surface area contributed by atoms with Gasteiger partial charge in [0.1, 0.15) is 11.3 Å². The zero-order valence-electron chi connectivity index (χ0n) is 20.3. The first kappa shape index (κ1) is 25.5. The van der Waals surface area contributed by atoms with Gasteiger partial charge in [-0.3, -0.25) is 15.1 Å². The Balaban J connectivity index is 1.43.